The highest BCUT2D eigenvalue weighted by atomic mass is 32.1. The number of nitrogens with zero attached hydrogens (tertiary/aromatic N) is 2. The normalized spacial score (nSPS) is 11.8. The molecular weight excluding hydrogens is 278 g/mol. The maximum absolute atomic E-state index is 12.0. The molecule has 0 saturated carbocycles. The average molecular weight is 295 g/mol. The maximum atomic E-state index is 12.0. The van der Waals surface area contributed by atoms with Crippen molar-refractivity contribution in [2.75, 3.05) is 0 Å². The molecule has 0 aromatic carbocycles. The van der Waals surface area contributed by atoms with Crippen LogP contribution >= 0.6 is 11.3 Å². The molecule has 0 unspecified atom stereocenters. The van der Waals surface area contributed by atoms with Gasteiger partial charge in [0.15, 0.2) is 4.96 Å². The van der Waals surface area contributed by atoms with Gasteiger partial charge in [-0.3, -0.25) is 14.0 Å². The number of aliphatic carboxylic acids is 1. The van der Waals surface area contributed by atoms with E-state index in [4.69, 9.17) is 5.11 Å². The molecule has 2 heterocycles. The van der Waals surface area contributed by atoms with Crippen molar-refractivity contribution < 1.29 is 14.7 Å². The van der Waals surface area contributed by atoms with Gasteiger partial charge < -0.3 is 10.4 Å². The van der Waals surface area contributed by atoms with E-state index in [0.717, 1.165) is 16.3 Å². The Morgan fingerprint density at radius 3 is 2.85 bits per heavy atom. The van der Waals surface area contributed by atoms with E-state index < -0.39 is 11.5 Å². The van der Waals surface area contributed by atoms with Crippen LogP contribution < -0.4 is 5.32 Å². The molecule has 7 heteroatoms. The lowest BCUT2D eigenvalue weighted by Gasteiger charge is -2.24. The number of hydrogen-bond acceptors (Lipinski definition) is 4. The van der Waals surface area contributed by atoms with Crippen molar-refractivity contribution in [3.05, 3.63) is 23.0 Å². The van der Waals surface area contributed by atoms with Gasteiger partial charge in [-0.05, 0) is 20.8 Å². The van der Waals surface area contributed by atoms with Gasteiger partial charge in [-0.15, -0.1) is 11.3 Å². The Bertz CT molecular complexity index is 657. The maximum Gasteiger partial charge on any atom is 0.305 e. The van der Waals surface area contributed by atoms with Gasteiger partial charge in [0.2, 0.25) is 5.91 Å². The molecule has 2 aromatic heterocycles. The fraction of sp³-hybridized carbons (Fsp3) is 0.462. The molecule has 0 radical (unpaired) electrons. The highest BCUT2D eigenvalue weighted by molar-refractivity contribution is 7.15. The molecule has 0 saturated heterocycles. The lowest BCUT2D eigenvalue weighted by atomic mass is 10.0. The fourth-order valence-corrected chi connectivity index (χ4v) is 3.00. The van der Waals surface area contributed by atoms with Gasteiger partial charge in [0.05, 0.1) is 18.5 Å². The molecule has 1 amide bonds. The summed E-state index contributed by atoms with van der Waals surface area (Å²) >= 11 is 1.48. The number of fused-ring (bicyclic) bond motifs is 1. The summed E-state index contributed by atoms with van der Waals surface area (Å²) in [4.78, 5) is 27.9. The molecule has 2 N–H and O–H groups in total. The molecule has 20 heavy (non-hydrogen) atoms. The summed E-state index contributed by atoms with van der Waals surface area (Å²) in [6.45, 7) is 5.30. The summed E-state index contributed by atoms with van der Waals surface area (Å²) in [6, 6.07) is 0. The molecule has 0 bridgehead atoms. The third-order valence-corrected chi connectivity index (χ3v) is 3.71. The number of carbonyl (C=O) groups is 2. The number of hydrogen-bond donors (Lipinski definition) is 2. The first-order chi connectivity index (χ1) is 9.27. The van der Waals surface area contributed by atoms with E-state index in [2.05, 4.69) is 10.3 Å². The van der Waals surface area contributed by atoms with E-state index in [9.17, 15) is 9.59 Å². The van der Waals surface area contributed by atoms with Crippen LogP contribution in [0.4, 0.5) is 0 Å². The molecule has 0 aliphatic rings. The molecule has 0 aliphatic carbocycles. The number of rotatable bonds is 5. The topological polar surface area (TPSA) is 83.7 Å². The molecule has 0 spiro atoms. The third-order valence-electron chi connectivity index (χ3n) is 2.82. The number of aromatic nitrogens is 2. The summed E-state index contributed by atoms with van der Waals surface area (Å²) in [6.07, 6.45) is 1.98. The first-order valence-corrected chi connectivity index (χ1v) is 7.10. The molecule has 0 fully saturated rings. The molecule has 2 rings (SSSR count). The zero-order chi connectivity index (χ0) is 14.9. The molecule has 6 nitrogen and oxygen atoms in total. The Balaban J connectivity index is 2.06. The predicted octanol–water partition coefficient (Wildman–Crippen LogP) is 1.62. The van der Waals surface area contributed by atoms with E-state index in [1.165, 1.54) is 11.3 Å². The Kier molecular flexibility index (Phi) is 3.80. The number of carbonyl (C=O) groups excluding carboxylic acids is 1. The average Bonchev–Trinajstić information content (AvgIpc) is 2.76. The Morgan fingerprint density at radius 2 is 2.20 bits per heavy atom. The van der Waals surface area contributed by atoms with Gasteiger partial charge >= 0.3 is 5.97 Å². The van der Waals surface area contributed by atoms with Crippen LogP contribution in [-0.4, -0.2) is 31.9 Å². The summed E-state index contributed by atoms with van der Waals surface area (Å²) in [5, 5.41) is 13.4. The number of carboxylic acid groups (broad SMARTS) is 1. The highest BCUT2D eigenvalue weighted by Gasteiger charge is 2.24. The number of nitrogens with one attached hydrogen (secondary N) is 1. The quantitative estimate of drug-likeness (QED) is 0.878. The van der Waals surface area contributed by atoms with Crippen molar-refractivity contribution in [2.45, 2.75) is 39.2 Å². The van der Waals surface area contributed by atoms with Crippen LogP contribution in [-0.2, 0) is 16.0 Å². The standard InChI is InChI=1S/C13H17N3O3S/c1-8-6-16-9(7-20-12(16)14-8)4-10(17)15-13(2,3)5-11(18)19/h6-7H,4-5H2,1-3H3,(H,15,17)(H,18,19). The minimum absolute atomic E-state index is 0.109. The highest BCUT2D eigenvalue weighted by Crippen LogP contribution is 2.17. The van der Waals surface area contributed by atoms with Gasteiger partial charge in [-0.1, -0.05) is 0 Å². The lowest BCUT2D eigenvalue weighted by Crippen LogP contribution is -2.45. The SMILES string of the molecule is Cc1cn2c(CC(=O)NC(C)(C)CC(=O)O)csc2n1. The summed E-state index contributed by atoms with van der Waals surface area (Å²) in [5.74, 6) is -1.12. The molecule has 0 atom stereocenters. The molecule has 2 aromatic rings. The Morgan fingerprint density at radius 1 is 1.50 bits per heavy atom. The largest absolute Gasteiger partial charge is 0.481 e. The number of thiazole rings is 1. The van der Waals surface area contributed by atoms with Crippen LogP contribution in [0.5, 0.6) is 0 Å². The number of aryl methyl sites for hydroxylation is 1. The Hall–Kier alpha value is -1.89. The second-order valence-corrected chi connectivity index (χ2v) is 6.28. The lowest BCUT2D eigenvalue weighted by molar-refractivity contribution is -0.138. The minimum atomic E-state index is -0.932. The monoisotopic (exact) mass is 295 g/mol. The van der Waals surface area contributed by atoms with E-state index in [1.54, 1.807) is 13.8 Å². The third kappa shape index (κ3) is 3.36. The van der Waals surface area contributed by atoms with Crippen molar-refractivity contribution in [3.63, 3.8) is 0 Å². The van der Waals surface area contributed by atoms with Crippen LogP contribution in [0.25, 0.3) is 4.96 Å². The second-order valence-electron chi connectivity index (χ2n) is 5.44. The van der Waals surface area contributed by atoms with E-state index in [0.29, 0.717) is 0 Å². The smallest absolute Gasteiger partial charge is 0.305 e. The van der Waals surface area contributed by atoms with Crippen LogP contribution in [0.3, 0.4) is 0 Å². The van der Waals surface area contributed by atoms with Crippen molar-refractivity contribution in [1.29, 1.82) is 0 Å². The Labute approximate surface area is 120 Å². The number of carboxylic acids is 1. The van der Waals surface area contributed by atoms with Crippen molar-refractivity contribution in [2.24, 2.45) is 0 Å². The van der Waals surface area contributed by atoms with Crippen molar-refractivity contribution in [3.8, 4) is 0 Å². The number of imidazole rings is 1. The first-order valence-electron chi connectivity index (χ1n) is 6.22. The summed E-state index contributed by atoms with van der Waals surface area (Å²) < 4.78 is 1.89. The van der Waals surface area contributed by atoms with Gasteiger partial charge in [0.1, 0.15) is 0 Å². The summed E-state index contributed by atoms with van der Waals surface area (Å²) in [5.41, 5.74) is 1.00. The first kappa shape index (κ1) is 14.5. The molecule has 0 aliphatic heterocycles. The zero-order valence-corrected chi connectivity index (χ0v) is 12.5. The van der Waals surface area contributed by atoms with E-state index >= 15 is 0 Å². The predicted molar refractivity (Wildman–Crippen MR) is 76.0 cm³/mol. The second kappa shape index (κ2) is 5.24. The minimum Gasteiger partial charge on any atom is -0.481 e. The van der Waals surface area contributed by atoms with Crippen molar-refractivity contribution in [1.82, 2.24) is 14.7 Å². The van der Waals surface area contributed by atoms with Crippen LogP contribution in [0.15, 0.2) is 11.6 Å². The van der Waals surface area contributed by atoms with E-state index in [-0.39, 0.29) is 18.7 Å². The van der Waals surface area contributed by atoms with E-state index in [1.807, 2.05) is 22.9 Å². The molecule has 108 valence electrons. The van der Waals surface area contributed by atoms with Gasteiger partial charge in [0, 0.05) is 22.8 Å². The van der Waals surface area contributed by atoms with Crippen LogP contribution in [0.2, 0.25) is 0 Å². The van der Waals surface area contributed by atoms with Crippen LogP contribution in [0, 0.1) is 6.92 Å². The fourth-order valence-electron chi connectivity index (χ4n) is 2.08. The zero-order valence-electron chi connectivity index (χ0n) is 11.6. The van der Waals surface area contributed by atoms with Crippen molar-refractivity contribution >= 4 is 28.2 Å². The summed E-state index contributed by atoms with van der Waals surface area (Å²) in [7, 11) is 0. The van der Waals surface area contributed by atoms with Crippen LogP contribution in [0.1, 0.15) is 31.7 Å². The number of amides is 1. The van der Waals surface area contributed by atoms with Gasteiger partial charge in [-0.2, -0.15) is 0 Å². The van der Waals surface area contributed by atoms with Gasteiger partial charge in [0.25, 0.3) is 0 Å². The molecular formula is C13H17N3O3S. The van der Waals surface area contributed by atoms with Gasteiger partial charge in [-0.25, -0.2) is 4.98 Å².